The summed E-state index contributed by atoms with van der Waals surface area (Å²) in [6.07, 6.45) is 4.61. The van der Waals surface area contributed by atoms with Crippen molar-refractivity contribution in [1.29, 1.82) is 0 Å². The van der Waals surface area contributed by atoms with Crippen LogP contribution in [0.15, 0.2) is 84.9 Å². The molecule has 0 amide bonds. The van der Waals surface area contributed by atoms with Gasteiger partial charge < -0.3 is 0 Å². The molecule has 0 heterocycles. The smallest absolute Gasteiger partial charge is 0.00648 e. The lowest BCUT2D eigenvalue weighted by molar-refractivity contribution is 0.645. The van der Waals surface area contributed by atoms with Gasteiger partial charge in [-0.1, -0.05) is 91.9 Å². The summed E-state index contributed by atoms with van der Waals surface area (Å²) in [6, 6.07) is 31.8. The highest BCUT2D eigenvalue weighted by Gasteiger charge is 2.29. The lowest BCUT2D eigenvalue weighted by Gasteiger charge is -2.30. The third-order valence-electron chi connectivity index (χ3n) is 7.13. The third kappa shape index (κ3) is 2.67. The highest BCUT2D eigenvalue weighted by Crippen LogP contribution is 2.47. The first-order valence-corrected chi connectivity index (χ1v) is 11.2. The average molecular weight is 387 g/mol. The number of aryl methyl sites for hydroxylation is 3. The zero-order chi connectivity index (χ0) is 20.1. The van der Waals surface area contributed by atoms with E-state index in [0.717, 1.165) is 12.8 Å². The maximum absolute atomic E-state index is 2.43. The lowest BCUT2D eigenvalue weighted by Crippen LogP contribution is -2.14. The van der Waals surface area contributed by atoms with Crippen LogP contribution in [0, 0.1) is 5.92 Å². The molecule has 0 saturated heterocycles. The first-order valence-electron chi connectivity index (χ1n) is 11.2. The molecule has 0 fully saturated rings. The molecule has 0 nitrogen and oxygen atoms in total. The minimum Gasteiger partial charge on any atom is -0.0620 e. The van der Waals surface area contributed by atoms with E-state index in [0.29, 0.717) is 5.92 Å². The molecule has 0 aliphatic heterocycles. The number of benzene rings is 4. The summed E-state index contributed by atoms with van der Waals surface area (Å²) in [5, 5.41) is 2.75. The second-order valence-electron chi connectivity index (χ2n) is 8.86. The largest absolute Gasteiger partial charge is 0.0620 e. The first-order chi connectivity index (χ1) is 14.8. The van der Waals surface area contributed by atoms with E-state index >= 15 is 0 Å². The normalized spacial score (nSPS) is 17.8. The van der Waals surface area contributed by atoms with E-state index in [2.05, 4.69) is 91.9 Å². The van der Waals surface area contributed by atoms with Crippen molar-refractivity contribution in [1.82, 2.24) is 0 Å². The standard InChI is InChI=1S/C30H26/c1-20-14-15-24-19-18-21-8-2-5-11-25(21)29(24)28(20)30-26-12-6-3-9-22(26)16-17-23-10-4-7-13-27(23)30/h2-13,18-20H,14-17H2,1H3/t20-/m1/s1. The van der Waals surface area contributed by atoms with Gasteiger partial charge in [-0.05, 0) is 86.9 Å². The van der Waals surface area contributed by atoms with Gasteiger partial charge in [0, 0.05) is 0 Å². The van der Waals surface area contributed by atoms with Crippen molar-refractivity contribution in [2.24, 2.45) is 5.92 Å². The second-order valence-corrected chi connectivity index (χ2v) is 8.86. The Balaban J connectivity index is 1.79. The van der Waals surface area contributed by atoms with Crippen LogP contribution in [0.1, 0.15) is 46.7 Å². The monoisotopic (exact) mass is 386 g/mol. The van der Waals surface area contributed by atoms with Crippen molar-refractivity contribution in [3.05, 3.63) is 118 Å². The minimum absolute atomic E-state index is 0.539. The van der Waals surface area contributed by atoms with Crippen LogP contribution in [0.5, 0.6) is 0 Å². The van der Waals surface area contributed by atoms with Crippen molar-refractivity contribution in [2.75, 3.05) is 0 Å². The molecule has 0 heteroatoms. The molecule has 0 spiro atoms. The van der Waals surface area contributed by atoms with E-state index < -0.39 is 0 Å². The number of hydrogen-bond acceptors (Lipinski definition) is 0. The quantitative estimate of drug-likeness (QED) is 0.294. The van der Waals surface area contributed by atoms with Crippen LogP contribution in [-0.2, 0) is 19.3 Å². The Kier molecular flexibility index (Phi) is 4.13. The number of rotatable bonds is 0. The highest BCUT2D eigenvalue weighted by atomic mass is 14.3. The summed E-state index contributed by atoms with van der Waals surface area (Å²) in [7, 11) is 0. The molecule has 0 N–H and O–H groups in total. The zero-order valence-electron chi connectivity index (χ0n) is 17.5. The van der Waals surface area contributed by atoms with Gasteiger partial charge in [0.25, 0.3) is 0 Å². The van der Waals surface area contributed by atoms with Gasteiger partial charge in [0.1, 0.15) is 0 Å². The first kappa shape index (κ1) is 17.7. The van der Waals surface area contributed by atoms with E-state index in [1.165, 1.54) is 62.6 Å². The number of allylic oxidation sites excluding steroid dienone is 1. The maximum Gasteiger partial charge on any atom is -0.00648 e. The van der Waals surface area contributed by atoms with Crippen molar-refractivity contribution in [3.8, 4) is 0 Å². The highest BCUT2D eigenvalue weighted by molar-refractivity contribution is 6.08. The van der Waals surface area contributed by atoms with E-state index in [4.69, 9.17) is 0 Å². The van der Waals surface area contributed by atoms with Gasteiger partial charge >= 0.3 is 0 Å². The van der Waals surface area contributed by atoms with Crippen LogP contribution in [0.4, 0.5) is 0 Å². The molecule has 0 radical (unpaired) electrons. The van der Waals surface area contributed by atoms with Gasteiger partial charge in [-0.25, -0.2) is 0 Å². The SMILES string of the molecule is C[C@@H]1CCc2ccc3ccccc3c2C1=C1c2ccccc2CCc2ccccc21. The molecule has 2 aliphatic carbocycles. The van der Waals surface area contributed by atoms with Gasteiger partial charge in [-0.3, -0.25) is 0 Å². The van der Waals surface area contributed by atoms with Crippen LogP contribution in [0.3, 0.4) is 0 Å². The molecule has 0 bridgehead atoms. The Morgan fingerprint density at radius 1 is 0.600 bits per heavy atom. The van der Waals surface area contributed by atoms with Gasteiger partial charge in [-0.2, -0.15) is 0 Å². The molecule has 4 aromatic rings. The Hall–Kier alpha value is -3.12. The van der Waals surface area contributed by atoms with Crippen LogP contribution in [0.25, 0.3) is 21.9 Å². The fourth-order valence-corrected chi connectivity index (χ4v) is 5.65. The average Bonchev–Trinajstić information content (AvgIpc) is 2.96. The van der Waals surface area contributed by atoms with Crippen molar-refractivity contribution in [3.63, 3.8) is 0 Å². The molecular weight excluding hydrogens is 360 g/mol. The molecule has 6 rings (SSSR count). The summed E-state index contributed by atoms with van der Waals surface area (Å²) in [5.41, 5.74) is 11.9. The summed E-state index contributed by atoms with van der Waals surface area (Å²) >= 11 is 0. The Labute approximate surface area is 178 Å². The fourth-order valence-electron chi connectivity index (χ4n) is 5.65. The molecule has 146 valence electrons. The predicted molar refractivity (Wildman–Crippen MR) is 128 cm³/mol. The Morgan fingerprint density at radius 2 is 1.23 bits per heavy atom. The Morgan fingerprint density at radius 3 is 1.97 bits per heavy atom. The van der Waals surface area contributed by atoms with Gasteiger partial charge in [0.2, 0.25) is 0 Å². The van der Waals surface area contributed by atoms with Crippen LogP contribution < -0.4 is 0 Å². The molecule has 0 aromatic heterocycles. The molecule has 0 saturated carbocycles. The van der Waals surface area contributed by atoms with Gasteiger partial charge in [-0.15, -0.1) is 0 Å². The summed E-state index contributed by atoms with van der Waals surface area (Å²) < 4.78 is 0. The van der Waals surface area contributed by atoms with Crippen molar-refractivity contribution < 1.29 is 0 Å². The van der Waals surface area contributed by atoms with Crippen molar-refractivity contribution in [2.45, 2.75) is 32.6 Å². The maximum atomic E-state index is 2.43. The molecule has 2 aliphatic rings. The van der Waals surface area contributed by atoms with Gasteiger partial charge in [0.15, 0.2) is 0 Å². The van der Waals surface area contributed by atoms with Crippen LogP contribution in [-0.4, -0.2) is 0 Å². The fraction of sp³-hybridized carbons (Fsp3) is 0.200. The zero-order valence-corrected chi connectivity index (χ0v) is 17.5. The summed E-state index contributed by atoms with van der Waals surface area (Å²) in [6.45, 7) is 2.43. The molecule has 4 aromatic carbocycles. The molecule has 1 atom stereocenters. The summed E-state index contributed by atoms with van der Waals surface area (Å²) in [5.74, 6) is 0.539. The van der Waals surface area contributed by atoms with Crippen molar-refractivity contribution >= 4 is 21.9 Å². The minimum atomic E-state index is 0.539. The van der Waals surface area contributed by atoms with E-state index in [9.17, 15) is 0 Å². The predicted octanol–water partition coefficient (Wildman–Crippen LogP) is 7.48. The molecule has 0 unspecified atom stereocenters. The van der Waals surface area contributed by atoms with Crippen LogP contribution in [0.2, 0.25) is 0 Å². The lowest BCUT2D eigenvalue weighted by atomic mass is 9.73. The number of fused-ring (bicyclic) bond motifs is 5. The summed E-state index contributed by atoms with van der Waals surface area (Å²) in [4.78, 5) is 0. The van der Waals surface area contributed by atoms with E-state index in [1.54, 1.807) is 5.57 Å². The van der Waals surface area contributed by atoms with E-state index in [1.807, 2.05) is 0 Å². The second kappa shape index (κ2) is 6.99. The Bertz CT molecular complexity index is 1260. The van der Waals surface area contributed by atoms with Gasteiger partial charge in [0.05, 0.1) is 0 Å². The molecule has 30 heavy (non-hydrogen) atoms. The number of hydrogen-bond donors (Lipinski definition) is 0. The molecular formula is C30H26. The van der Waals surface area contributed by atoms with Crippen LogP contribution >= 0.6 is 0 Å². The van der Waals surface area contributed by atoms with E-state index in [-0.39, 0.29) is 0 Å². The topological polar surface area (TPSA) is 0 Å². The third-order valence-corrected chi connectivity index (χ3v) is 7.13.